The topological polar surface area (TPSA) is 68.3 Å². The van der Waals surface area contributed by atoms with Crippen LogP contribution in [0.1, 0.15) is 26.9 Å². The van der Waals surface area contributed by atoms with E-state index in [1.54, 1.807) is 29.8 Å². The van der Waals surface area contributed by atoms with Gasteiger partial charge in [-0.25, -0.2) is 4.79 Å². The summed E-state index contributed by atoms with van der Waals surface area (Å²) < 4.78 is 5.63. The quantitative estimate of drug-likeness (QED) is 0.449. The Morgan fingerprint density at radius 3 is 2.67 bits per heavy atom. The summed E-state index contributed by atoms with van der Waals surface area (Å²) in [5.41, 5.74) is 2.55. The monoisotopic (exact) mass is 416 g/mol. The number of ether oxygens (including phenoxy) is 1. The largest absolute Gasteiger partial charge is 0.443 e. The summed E-state index contributed by atoms with van der Waals surface area (Å²) in [5, 5.41) is 5.58. The molecule has 150 valence electrons. The highest BCUT2D eigenvalue weighted by Crippen LogP contribution is 2.24. The molecule has 5 nitrogen and oxygen atoms in total. The minimum atomic E-state index is -1.04. The highest BCUT2D eigenvalue weighted by atomic mass is 32.1. The first-order chi connectivity index (χ1) is 14.7. The number of pyridine rings is 1. The minimum Gasteiger partial charge on any atom is -0.443 e. The Morgan fingerprint density at radius 1 is 1.00 bits per heavy atom. The molecule has 0 spiro atoms. The van der Waals surface area contributed by atoms with Gasteiger partial charge >= 0.3 is 5.97 Å². The smallest absolute Gasteiger partial charge is 0.349 e. The van der Waals surface area contributed by atoms with E-state index in [9.17, 15) is 9.59 Å². The van der Waals surface area contributed by atoms with E-state index >= 15 is 0 Å². The van der Waals surface area contributed by atoms with E-state index in [1.807, 2.05) is 54.6 Å². The number of fused-ring (bicyclic) bond motifs is 1. The predicted molar refractivity (Wildman–Crippen MR) is 117 cm³/mol. The van der Waals surface area contributed by atoms with Crippen LogP contribution in [0, 0.1) is 0 Å². The van der Waals surface area contributed by atoms with Gasteiger partial charge in [-0.2, -0.15) is 0 Å². The predicted octanol–water partition coefficient (Wildman–Crippen LogP) is 4.55. The number of carbonyl (C=O) groups excluding carboxylic acids is 2. The van der Waals surface area contributed by atoms with Crippen LogP contribution in [0.5, 0.6) is 0 Å². The van der Waals surface area contributed by atoms with Gasteiger partial charge in [0.15, 0.2) is 0 Å². The fraction of sp³-hybridized carbons (Fsp3) is 0.125. The number of nitrogens with zero attached hydrogens (tertiary/aromatic N) is 1. The molecule has 0 aliphatic carbocycles. The molecule has 30 heavy (non-hydrogen) atoms. The molecule has 2 aromatic heterocycles. The lowest BCUT2D eigenvalue weighted by Crippen LogP contribution is -2.33. The highest BCUT2D eigenvalue weighted by molar-refractivity contribution is 7.11. The molecular formula is C24H20N2O3S. The van der Waals surface area contributed by atoms with Gasteiger partial charge in [0.05, 0.1) is 5.52 Å². The molecule has 2 heterocycles. The first-order valence-electron chi connectivity index (χ1n) is 9.61. The van der Waals surface area contributed by atoms with E-state index in [4.69, 9.17) is 4.74 Å². The fourth-order valence-corrected chi connectivity index (χ4v) is 3.76. The lowest BCUT2D eigenvalue weighted by Gasteiger charge is -2.18. The highest BCUT2D eigenvalue weighted by Gasteiger charge is 2.26. The van der Waals surface area contributed by atoms with E-state index in [1.165, 1.54) is 11.3 Å². The molecule has 4 rings (SSSR count). The molecule has 4 aromatic rings. The van der Waals surface area contributed by atoms with Crippen molar-refractivity contribution in [1.82, 2.24) is 10.3 Å². The number of thiophene rings is 1. The van der Waals surface area contributed by atoms with Crippen molar-refractivity contribution in [2.45, 2.75) is 12.5 Å². The van der Waals surface area contributed by atoms with Crippen molar-refractivity contribution in [3.05, 3.63) is 100 Å². The molecule has 1 unspecified atom stereocenters. The van der Waals surface area contributed by atoms with Crippen LogP contribution in [-0.2, 0) is 16.0 Å². The Morgan fingerprint density at radius 2 is 1.87 bits per heavy atom. The van der Waals surface area contributed by atoms with Gasteiger partial charge in [-0.05, 0) is 41.6 Å². The van der Waals surface area contributed by atoms with Crippen LogP contribution in [0.2, 0.25) is 0 Å². The summed E-state index contributed by atoms with van der Waals surface area (Å²) in [6.07, 6.45) is 1.37. The number of benzene rings is 2. The zero-order valence-corrected chi connectivity index (χ0v) is 17.0. The van der Waals surface area contributed by atoms with E-state index < -0.39 is 12.1 Å². The Bertz CT molecular complexity index is 1140. The Balaban J connectivity index is 1.54. The summed E-state index contributed by atoms with van der Waals surface area (Å²) in [6.45, 7) is 0.449. The molecule has 0 saturated heterocycles. The number of rotatable bonds is 7. The third kappa shape index (κ3) is 4.72. The molecule has 6 heteroatoms. The normalized spacial score (nSPS) is 11.7. The standard InChI is InChI=1S/C24H20N2O3S/c27-23(26-14-12-17-6-2-1-3-7-17)22(29-24(28)21-9-5-15-30-21)19-10-11-20-18(16-19)8-4-13-25-20/h1-11,13,15-16,22H,12,14H2,(H,26,27). The first kappa shape index (κ1) is 19.8. The second-order valence-corrected chi connectivity index (χ2v) is 7.69. The number of esters is 1. The van der Waals surface area contributed by atoms with E-state index in [-0.39, 0.29) is 5.91 Å². The zero-order valence-electron chi connectivity index (χ0n) is 16.2. The lowest BCUT2D eigenvalue weighted by molar-refractivity contribution is -0.130. The van der Waals surface area contributed by atoms with Gasteiger partial charge in [-0.3, -0.25) is 9.78 Å². The zero-order chi connectivity index (χ0) is 20.8. The van der Waals surface area contributed by atoms with Crippen molar-refractivity contribution in [2.24, 2.45) is 0 Å². The summed E-state index contributed by atoms with van der Waals surface area (Å²) >= 11 is 1.28. The van der Waals surface area contributed by atoms with Crippen molar-refractivity contribution in [3.63, 3.8) is 0 Å². The van der Waals surface area contributed by atoms with Gasteiger partial charge in [0, 0.05) is 23.7 Å². The number of hydrogen-bond donors (Lipinski definition) is 1. The lowest BCUT2D eigenvalue weighted by atomic mass is 10.1. The van der Waals surface area contributed by atoms with Crippen LogP contribution in [0.25, 0.3) is 10.9 Å². The molecular weight excluding hydrogens is 396 g/mol. The van der Waals surface area contributed by atoms with E-state index in [0.29, 0.717) is 23.4 Å². The fourth-order valence-electron chi connectivity index (χ4n) is 3.16. The maximum atomic E-state index is 13.0. The van der Waals surface area contributed by atoms with Crippen LogP contribution in [0.4, 0.5) is 0 Å². The van der Waals surface area contributed by atoms with Gasteiger partial charge in [-0.15, -0.1) is 11.3 Å². The Hall–Kier alpha value is -3.51. The second-order valence-electron chi connectivity index (χ2n) is 6.74. The van der Waals surface area contributed by atoms with Crippen molar-refractivity contribution in [2.75, 3.05) is 6.54 Å². The van der Waals surface area contributed by atoms with Crippen LogP contribution in [0.15, 0.2) is 84.4 Å². The maximum absolute atomic E-state index is 13.0. The number of amides is 1. The molecule has 0 aliphatic heterocycles. The van der Waals surface area contributed by atoms with Crippen LogP contribution in [-0.4, -0.2) is 23.4 Å². The van der Waals surface area contributed by atoms with Gasteiger partial charge in [-0.1, -0.05) is 48.5 Å². The molecule has 1 atom stereocenters. The molecule has 0 fully saturated rings. The maximum Gasteiger partial charge on any atom is 0.349 e. The molecule has 0 saturated carbocycles. The van der Waals surface area contributed by atoms with Crippen molar-refractivity contribution >= 4 is 34.1 Å². The minimum absolute atomic E-state index is 0.348. The summed E-state index contributed by atoms with van der Waals surface area (Å²) in [7, 11) is 0. The average molecular weight is 417 g/mol. The Kier molecular flexibility index (Phi) is 6.15. The van der Waals surface area contributed by atoms with Crippen molar-refractivity contribution < 1.29 is 14.3 Å². The summed E-state index contributed by atoms with van der Waals surface area (Å²) in [4.78, 5) is 30.3. The third-order valence-corrected chi connectivity index (χ3v) is 5.52. The number of hydrogen-bond acceptors (Lipinski definition) is 5. The molecule has 1 amide bonds. The number of nitrogens with one attached hydrogen (secondary N) is 1. The first-order valence-corrected chi connectivity index (χ1v) is 10.5. The third-order valence-electron chi connectivity index (χ3n) is 4.67. The number of carbonyl (C=O) groups is 2. The van der Waals surface area contributed by atoms with Crippen LogP contribution in [0.3, 0.4) is 0 Å². The molecule has 2 aromatic carbocycles. The van der Waals surface area contributed by atoms with Crippen molar-refractivity contribution in [3.8, 4) is 0 Å². The van der Waals surface area contributed by atoms with Crippen LogP contribution < -0.4 is 5.32 Å². The number of aromatic nitrogens is 1. The van der Waals surface area contributed by atoms with E-state index in [0.717, 1.165) is 16.5 Å². The average Bonchev–Trinajstić information content (AvgIpc) is 3.33. The van der Waals surface area contributed by atoms with Gasteiger partial charge < -0.3 is 10.1 Å². The molecule has 0 aliphatic rings. The molecule has 1 N–H and O–H groups in total. The van der Waals surface area contributed by atoms with E-state index in [2.05, 4.69) is 10.3 Å². The molecule has 0 radical (unpaired) electrons. The van der Waals surface area contributed by atoms with Gasteiger partial charge in [0.1, 0.15) is 4.88 Å². The SMILES string of the molecule is O=C(OC(C(=O)NCCc1ccccc1)c1ccc2ncccc2c1)c1cccs1. The van der Waals surface area contributed by atoms with Gasteiger partial charge in [0.2, 0.25) is 6.10 Å². The second kappa shape index (κ2) is 9.33. The molecule has 0 bridgehead atoms. The van der Waals surface area contributed by atoms with Crippen molar-refractivity contribution in [1.29, 1.82) is 0 Å². The summed E-state index contributed by atoms with van der Waals surface area (Å²) in [6, 6.07) is 22.6. The summed E-state index contributed by atoms with van der Waals surface area (Å²) in [5.74, 6) is -0.862. The Labute approximate surface area is 178 Å². The van der Waals surface area contributed by atoms with Crippen LogP contribution >= 0.6 is 11.3 Å². The van der Waals surface area contributed by atoms with Gasteiger partial charge in [0.25, 0.3) is 5.91 Å².